The molecule has 0 bridgehead atoms. The van der Waals surface area contributed by atoms with Crippen molar-refractivity contribution in [3.05, 3.63) is 59.1 Å². The van der Waals surface area contributed by atoms with Gasteiger partial charge >= 0.3 is 5.97 Å². The first-order valence-corrected chi connectivity index (χ1v) is 6.12. The van der Waals surface area contributed by atoms with Crippen molar-refractivity contribution in [1.29, 1.82) is 0 Å². The van der Waals surface area contributed by atoms with Crippen LogP contribution >= 0.6 is 23.4 Å². The van der Waals surface area contributed by atoms with E-state index in [1.54, 1.807) is 23.9 Å². The number of carbonyl (C=O) groups is 1. The summed E-state index contributed by atoms with van der Waals surface area (Å²) in [6, 6.07) is 14.8. The minimum atomic E-state index is -1.01. The van der Waals surface area contributed by atoms with Gasteiger partial charge in [-0.25, -0.2) is 4.79 Å². The molecule has 0 spiro atoms. The number of halogens is 1. The largest absolute Gasteiger partial charge is 0.478 e. The van der Waals surface area contributed by atoms with E-state index in [9.17, 15) is 4.79 Å². The topological polar surface area (TPSA) is 37.3 Å². The Morgan fingerprint density at radius 3 is 2.35 bits per heavy atom. The molecule has 0 radical (unpaired) electrons. The first kappa shape index (κ1) is 12.0. The summed E-state index contributed by atoms with van der Waals surface area (Å²) in [6.45, 7) is 0. The van der Waals surface area contributed by atoms with Gasteiger partial charge in [-0.3, -0.25) is 0 Å². The van der Waals surface area contributed by atoms with Gasteiger partial charge in [-0.2, -0.15) is 0 Å². The van der Waals surface area contributed by atoms with Gasteiger partial charge in [0.2, 0.25) is 0 Å². The van der Waals surface area contributed by atoms with E-state index in [4.69, 9.17) is 16.7 Å². The average Bonchev–Trinajstić information content (AvgIpc) is 2.30. The average molecular weight is 265 g/mol. The van der Waals surface area contributed by atoms with Crippen LogP contribution in [-0.2, 0) is 0 Å². The molecule has 17 heavy (non-hydrogen) atoms. The lowest BCUT2D eigenvalue weighted by atomic mass is 10.2. The highest BCUT2D eigenvalue weighted by Crippen LogP contribution is 2.30. The van der Waals surface area contributed by atoms with Crippen molar-refractivity contribution in [2.45, 2.75) is 9.79 Å². The van der Waals surface area contributed by atoms with Crippen LogP contribution in [0.2, 0.25) is 5.02 Å². The molecule has 0 aliphatic carbocycles. The Morgan fingerprint density at radius 1 is 1.06 bits per heavy atom. The van der Waals surface area contributed by atoms with Gasteiger partial charge in [0.05, 0.1) is 10.6 Å². The summed E-state index contributed by atoms with van der Waals surface area (Å²) in [6.07, 6.45) is 0. The van der Waals surface area contributed by atoms with Crippen molar-refractivity contribution in [1.82, 2.24) is 0 Å². The van der Waals surface area contributed by atoms with Gasteiger partial charge in [-0.15, -0.1) is 0 Å². The van der Waals surface area contributed by atoms with Gasteiger partial charge < -0.3 is 5.11 Å². The van der Waals surface area contributed by atoms with Gasteiger partial charge in [0.1, 0.15) is 0 Å². The fourth-order valence-corrected chi connectivity index (χ4v) is 2.56. The number of rotatable bonds is 3. The van der Waals surface area contributed by atoms with Crippen LogP contribution in [0.5, 0.6) is 0 Å². The quantitative estimate of drug-likeness (QED) is 0.903. The maximum absolute atomic E-state index is 10.8. The lowest BCUT2D eigenvalue weighted by molar-refractivity contribution is 0.0697. The van der Waals surface area contributed by atoms with Crippen molar-refractivity contribution in [3.63, 3.8) is 0 Å². The summed E-state index contributed by atoms with van der Waals surface area (Å²) in [5, 5.41) is 9.12. The van der Waals surface area contributed by atoms with Crippen LogP contribution in [0.15, 0.2) is 58.3 Å². The molecular formula is C13H9ClO2S. The van der Waals surface area contributed by atoms with Crippen molar-refractivity contribution < 1.29 is 9.90 Å². The summed E-state index contributed by atoms with van der Waals surface area (Å²) in [7, 11) is 0. The second kappa shape index (κ2) is 5.25. The summed E-state index contributed by atoms with van der Waals surface area (Å²) >= 11 is 7.44. The minimum absolute atomic E-state index is 0.129. The Hall–Kier alpha value is -1.45. The molecule has 0 aromatic heterocycles. The van der Waals surface area contributed by atoms with Crippen LogP contribution in [0.3, 0.4) is 0 Å². The molecule has 0 aliphatic heterocycles. The number of hydrogen-bond acceptors (Lipinski definition) is 2. The lowest BCUT2D eigenvalue weighted by Crippen LogP contribution is -1.96. The summed E-state index contributed by atoms with van der Waals surface area (Å²) in [5.74, 6) is -1.01. The molecule has 0 atom stereocenters. The van der Waals surface area contributed by atoms with Gasteiger partial charge in [0, 0.05) is 9.79 Å². The first-order chi connectivity index (χ1) is 8.16. The van der Waals surface area contributed by atoms with Crippen LogP contribution in [0.25, 0.3) is 0 Å². The third kappa shape index (κ3) is 3.02. The molecule has 2 rings (SSSR count). The molecule has 2 aromatic carbocycles. The monoisotopic (exact) mass is 264 g/mol. The van der Waals surface area contributed by atoms with E-state index in [0.29, 0.717) is 0 Å². The van der Waals surface area contributed by atoms with E-state index in [0.717, 1.165) is 9.79 Å². The third-order valence-electron chi connectivity index (χ3n) is 2.15. The molecule has 1 N–H and O–H groups in total. The van der Waals surface area contributed by atoms with Gasteiger partial charge in [0.25, 0.3) is 0 Å². The Bertz CT molecular complexity index is 540. The van der Waals surface area contributed by atoms with Crippen LogP contribution in [0.4, 0.5) is 0 Å². The molecule has 2 aromatic rings. The molecule has 2 nitrogen and oxygen atoms in total. The van der Waals surface area contributed by atoms with E-state index in [-0.39, 0.29) is 10.6 Å². The summed E-state index contributed by atoms with van der Waals surface area (Å²) in [5.41, 5.74) is 0.129. The van der Waals surface area contributed by atoms with Crippen molar-refractivity contribution in [2.75, 3.05) is 0 Å². The van der Waals surface area contributed by atoms with Crippen molar-refractivity contribution in [3.8, 4) is 0 Å². The van der Waals surface area contributed by atoms with Gasteiger partial charge in [-0.1, -0.05) is 41.6 Å². The van der Waals surface area contributed by atoms with E-state index in [1.807, 2.05) is 30.3 Å². The number of benzene rings is 2. The van der Waals surface area contributed by atoms with Crippen LogP contribution in [0.1, 0.15) is 10.4 Å². The van der Waals surface area contributed by atoms with Gasteiger partial charge in [-0.05, 0) is 30.3 Å². The third-order valence-corrected chi connectivity index (χ3v) is 3.46. The zero-order valence-electron chi connectivity index (χ0n) is 8.76. The van der Waals surface area contributed by atoms with Crippen LogP contribution in [-0.4, -0.2) is 11.1 Å². The van der Waals surface area contributed by atoms with E-state index < -0.39 is 5.97 Å². The fraction of sp³-hybridized carbons (Fsp3) is 0. The molecule has 0 unspecified atom stereocenters. The Kier molecular flexibility index (Phi) is 3.71. The summed E-state index contributed by atoms with van der Waals surface area (Å²) in [4.78, 5) is 12.8. The normalized spacial score (nSPS) is 10.2. The minimum Gasteiger partial charge on any atom is -0.478 e. The van der Waals surface area contributed by atoms with E-state index >= 15 is 0 Å². The second-order valence-electron chi connectivity index (χ2n) is 3.36. The highest BCUT2D eigenvalue weighted by Gasteiger charge is 2.09. The molecule has 4 heteroatoms. The molecule has 86 valence electrons. The molecule has 0 heterocycles. The maximum Gasteiger partial charge on any atom is 0.337 e. The standard InChI is InChI=1S/C13H9ClO2S/c14-12-8-10(6-7-11(12)13(15)16)17-9-4-2-1-3-5-9/h1-8H,(H,15,16). The molecule has 0 aliphatic rings. The lowest BCUT2D eigenvalue weighted by Gasteiger charge is -2.04. The second-order valence-corrected chi connectivity index (χ2v) is 4.92. The Morgan fingerprint density at radius 2 is 1.76 bits per heavy atom. The Labute approximate surface area is 108 Å². The molecule has 0 saturated carbocycles. The first-order valence-electron chi connectivity index (χ1n) is 4.92. The van der Waals surface area contributed by atoms with Crippen molar-refractivity contribution in [2.24, 2.45) is 0 Å². The van der Waals surface area contributed by atoms with Gasteiger partial charge in [0.15, 0.2) is 0 Å². The zero-order valence-corrected chi connectivity index (χ0v) is 10.3. The number of carboxylic acid groups (broad SMARTS) is 1. The highest BCUT2D eigenvalue weighted by atomic mass is 35.5. The molecule has 0 saturated heterocycles. The fourth-order valence-electron chi connectivity index (χ4n) is 1.36. The maximum atomic E-state index is 10.8. The SMILES string of the molecule is O=C(O)c1ccc(Sc2ccccc2)cc1Cl. The predicted octanol–water partition coefficient (Wildman–Crippen LogP) is 4.19. The predicted molar refractivity (Wildman–Crippen MR) is 69.0 cm³/mol. The number of hydrogen-bond donors (Lipinski definition) is 1. The smallest absolute Gasteiger partial charge is 0.337 e. The Balaban J connectivity index is 2.24. The summed E-state index contributed by atoms with van der Waals surface area (Å²) < 4.78 is 0. The highest BCUT2D eigenvalue weighted by molar-refractivity contribution is 7.99. The van der Waals surface area contributed by atoms with Crippen LogP contribution < -0.4 is 0 Å². The number of carboxylic acids is 1. The van der Waals surface area contributed by atoms with E-state index in [1.165, 1.54) is 6.07 Å². The van der Waals surface area contributed by atoms with Crippen molar-refractivity contribution >= 4 is 29.3 Å². The molecule has 0 amide bonds. The molecular weight excluding hydrogens is 256 g/mol. The zero-order chi connectivity index (χ0) is 12.3. The van der Waals surface area contributed by atoms with E-state index in [2.05, 4.69) is 0 Å². The van der Waals surface area contributed by atoms with Crippen LogP contribution in [0, 0.1) is 0 Å². The number of aromatic carboxylic acids is 1. The molecule has 0 fully saturated rings.